The lowest BCUT2D eigenvalue weighted by Crippen LogP contribution is -2.25. The minimum Gasteiger partial charge on any atom is -0.496 e. The smallest absolute Gasteiger partial charge is 0.192 e. The van der Waals surface area contributed by atoms with E-state index in [-0.39, 0.29) is 17.8 Å². The fourth-order valence-corrected chi connectivity index (χ4v) is 2.85. The van der Waals surface area contributed by atoms with Gasteiger partial charge in [-0.25, -0.2) is 0 Å². The Bertz CT molecular complexity index is 648. The largest absolute Gasteiger partial charge is 0.496 e. The van der Waals surface area contributed by atoms with Gasteiger partial charge in [0, 0.05) is 17.6 Å². The topological polar surface area (TPSA) is 35.5 Å². The zero-order chi connectivity index (χ0) is 14.1. The van der Waals surface area contributed by atoms with E-state index in [2.05, 4.69) is 6.92 Å². The summed E-state index contributed by atoms with van der Waals surface area (Å²) in [7, 11) is 1.64. The van der Waals surface area contributed by atoms with Gasteiger partial charge in [-0.1, -0.05) is 31.2 Å². The lowest BCUT2D eigenvalue weighted by molar-refractivity contribution is 0.0581. The third kappa shape index (κ3) is 2.08. The van der Waals surface area contributed by atoms with Gasteiger partial charge in [0.25, 0.3) is 0 Å². The predicted octanol–water partition coefficient (Wildman–Crippen LogP) is 3.46. The molecule has 0 aromatic heterocycles. The molecule has 1 saturated heterocycles. The van der Waals surface area contributed by atoms with Crippen molar-refractivity contribution in [2.75, 3.05) is 13.7 Å². The van der Waals surface area contributed by atoms with E-state index in [1.807, 2.05) is 36.4 Å². The van der Waals surface area contributed by atoms with Gasteiger partial charge >= 0.3 is 0 Å². The van der Waals surface area contributed by atoms with Crippen LogP contribution in [0, 0.1) is 5.92 Å². The van der Waals surface area contributed by atoms with Crippen molar-refractivity contribution in [1.29, 1.82) is 0 Å². The molecule has 1 aliphatic rings. The molecule has 20 heavy (non-hydrogen) atoms. The van der Waals surface area contributed by atoms with Crippen LogP contribution in [0.4, 0.5) is 0 Å². The number of carbonyl (C=O) groups excluding carboxylic acids is 1. The first-order chi connectivity index (χ1) is 9.72. The minimum atomic E-state index is -0.313. The number of Topliss-reactive ketones (excluding diaryl/α,β-unsaturated/α-hetero) is 1. The number of carbonyl (C=O) groups is 1. The second-order valence-electron chi connectivity index (χ2n) is 5.28. The molecular weight excluding hydrogens is 252 g/mol. The number of rotatable bonds is 3. The Morgan fingerprint density at radius 2 is 1.95 bits per heavy atom. The molecule has 2 atom stereocenters. The molecule has 104 valence electrons. The van der Waals surface area contributed by atoms with Crippen LogP contribution >= 0.6 is 0 Å². The highest BCUT2D eigenvalue weighted by Gasteiger charge is 2.32. The molecule has 0 saturated carbocycles. The summed E-state index contributed by atoms with van der Waals surface area (Å²) >= 11 is 0. The maximum Gasteiger partial charge on any atom is 0.192 e. The van der Waals surface area contributed by atoms with Crippen molar-refractivity contribution in [2.45, 2.75) is 19.4 Å². The number of hydrogen-bond donors (Lipinski definition) is 0. The van der Waals surface area contributed by atoms with Crippen LogP contribution in [0.25, 0.3) is 10.8 Å². The molecule has 2 aromatic carbocycles. The molecule has 0 aliphatic carbocycles. The molecule has 2 unspecified atom stereocenters. The van der Waals surface area contributed by atoms with E-state index >= 15 is 0 Å². The molecule has 0 amide bonds. The highest BCUT2D eigenvalue weighted by atomic mass is 16.5. The molecule has 3 rings (SSSR count). The van der Waals surface area contributed by atoms with Crippen molar-refractivity contribution < 1.29 is 14.3 Å². The number of hydrogen-bond acceptors (Lipinski definition) is 3. The molecule has 2 aromatic rings. The summed E-state index contributed by atoms with van der Waals surface area (Å²) in [5, 5.41) is 1.89. The van der Waals surface area contributed by atoms with Crippen LogP contribution in [0.3, 0.4) is 0 Å². The van der Waals surface area contributed by atoms with Gasteiger partial charge in [0.15, 0.2) is 5.78 Å². The predicted molar refractivity (Wildman–Crippen MR) is 78.4 cm³/mol. The Morgan fingerprint density at radius 1 is 1.20 bits per heavy atom. The number of methoxy groups -OCH3 is 1. The van der Waals surface area contributed by atoms with E-state index in [1.165, 1.54) is 0 Å². The van der Waals surface area contributed by atoms with Gasteiger partial charge in [-0.3, -0.25) is 4.79 Å². The van der Waals surface area contributed by atoms with Crippen LogP contribution in [-0.4, -0.2) is 25.6 Å². The number of fused-ring (bicyclic) bond motifs is 1. The second-order valence-corrected chi connectivity index (χ2v) is 5.28. The van der Waals surface area contributed by atoms with Crippen LogP contribution in [0.5, 0.6) is 5.75 Å². The third-order valence-corrected chi connectivity index (χ3v) is 4.02. The first-order valence-electron chi connectivity index (χ1n) is 6.94. The Hall–Kier alpha value is -1.87. The van der Waals surface area contributed by atoms with Gasteiger partial charge in [0.05, 0.1) is 7.11 Å². The van der Waals surface area contributed by atoms with E-state index < -0.39 is 0 Å². The zero-order valence-corrected chi connectivity index (χ0v) is 11.8. The summed E-state index contributed by atoms with van der Waals surface area (Å²) in [5.74, 6) is 1.15. The van der Waals surface area contributed by atoms with Gasteiger partial charge in [-0.05, 0) is 29.9 Å². The summed E-state index contributed by atoms with van der Waals surface area (Å²) in [4.78, 5) is 12.7. The normalized spacial score (nSPS) is 22.1. The first kappa shape index (κ1) is 13.1. The van der Waals surface area contributed by atoms with Gasteiger partial charge in [0.1, 0.15) is 11.9 Å². The summed E-state index contributed by atoms with van der Waals surface area (Å²) in [5.41, 5.74) is 0.722. The highest BCUT2D eigenvalue weighted by molar-refractivity contribution is 6.11. The Morgan fingerprint density at radius 3 is 2.60 bits per heavy atom. The van der Waals surface area contributed by atoms with Crippen LogP contribution < -0.4 is 4.74 Å². The lowest BCUT2D eigenvalue weighted by Gasteiger charge is -2.15. The van der Waals surface area contributed by atoms with E-state index in [9.17, 15) is 4.79 Å². The standard InChI is InChI=1S/C17H18O3/c1-11-9-10-20-17(11)16(18)14-7-8-15(19-2)13-6-4-3-5-12(13)14/h3-8,11,17H,9-10H2,1-2H3. The van der Waals surface area contributed by atoms with E-state index in [0.29, 0.717) is 6.61 Å². The summed E-state index contributed by atoms with van der Waals surface area (Å²) in [6.45, 7) is 2.74. The third-order valence-electron chi connectivity index (χ3n) is 4.02. The SMILES string of the molecule is COc1ccc(C(=O)C2OCCC2C)c2ccccc12. The van der Waals surface area contributed by atoms with Crippen molar-refractivity contribution in [3.05, 3.63) is 42.0 Å². The Balaban J connectivity index is 2.10. The number of ether oxygens (including phenoxy) is 2. The fourth-order valence-electron chi connectivity index (χ4n) is 2.85. The average Bonchev–Trinajstić information content (AvgIpc) is 2.91. The molecule has 0 radical (unpaired) electrons. The quantitative estimate of drug-likeness (QED) is 0.801. The van der Waals surface area contributed by atoms with Gasteiger partial charge in [-0.2, -0.15) is 0 Å². The van der Waals surface area contributed by atoms with Gasteiger partial charge in [0.2, 0.25) is 0 Å². The van der Waals surface area contributed by atoms with Crippen LogP contribution in [0.15, 0.2) is 36.4 Å². The van der Waals surface area contributed by atoms with Crippen LogP contribution in [0.1, 0.15) is 23.7 Å². The van der Waals surface area contributed by atoms with Gasteiger partial charge in [-0.15, -0.1) is 0 Å². The fraction of sp³-hybridized carbons (Fsp3) is 0.353. The van der Waals surface area contributed by atoms with Gasteiger partial charge < -0.3 is 9.47 Å². The van der Waals surface area contributed by atoms with Crippen molar-refractivity contribution in [3.8, 4) is 5.75 Å². The number of benzene rings is 2. The average molecular weight is 270 g/mol. The molecule has 3 heteroatoms. The maximum absolute atomic E-state index is 12.7. The molecular formula is C17H18O3. The molecule has 3 nitrogen and oxygen atoms in total. The van der Waals surface area contributed by atoms with Crippen molar-refractivity contribution in [3.63, 3.8) is 0 Å². The number of ketones is 1. The van der Waals surface area contributed by atoms with Crippen LogP contribution in [0.2, 0.25) is 0 Å². The van der Waals surface area contributed by atoms with Crippen LogP contribution in [-0.2, 0) is 4.74 Å². The van der Waals surface area contributed by atoms with Crippen molar-refractivity contribution >= 4 is 16.6 Å². The van der Waals surface area contributed by atoms with E-state index in [0.717, 1.165) is 28.5 Å². The maximum atomic E-state index is 12.7. The summed E-state index contributed by atoms with van der Waals surface area (Å²) < 4.78 is 11.0. The monoisotopic (exact) mass is 270 g/mol. The molecule has 0 bridgehead atoms. The van der Waals surface area contributed by atoms with E-state index in [1.54, 1.807) is 7.11 Å². The second kappa shape index (κ2) is 5.25. The molecule has 0 spiro atoms. The molecule has 0 N–H and O–H groups in total. The summed E-state index contributed by atoms with van der Waals surface area (Å²) in [6.07, 6.45) is 0.636. The van der Waals surface area contributed by atoms with E-state index in [4.69, 9.17) is 9.47 Å². The van der Waals surface area contributed by atoms with Crippen molar-refractivity contribution in [2.24, 2.45) is 5.92 Å². The Labute approximate surface area is 118 Å². The lowest BCUT2D eigenvalue weighted by atomic mass is 9.93. The molecule has 1 aliphatic heterocycles. The zero-order valence-electron chi connectivity index (χ0n) is 11.8. The molecule has 1 fully saturated rings. The molecule has 1 heterocycles. The highest BCUT2D eigenvalue weighted by Crippen LogP contribution is 2.31. The summed E-state index contributed by atoms with van der Waals surface area (Å²) in [6, 6.07) is 11.5. The van der Waals surface area contributed by atoms with Crippen molar-refractivity contribution in [1.82, 2.24) is 0 Å². The first-order valence-corrected chi connectivity index (χ1v) is 6.94. The minimum absolute atomic E-state index is 0.0776. The Kier molecular flexibility index (Phi) is 3.45.